The van der Waals surface area contributed by atoms with Crippen LogP contribution in [-0.2, 0) is 6.54 Å². The normalized spacial score (nSPS) is 20.7. The molecule has 0 bridgehead atoms. The topological polar surface area (TPSA) is 32.3 Å². The summed E-state index contributed by atoms with van der Waals surface area (Å²) in [6.07, 6.45) is 2.66. The van der Waals surface area contributed by atoms with Crippen molar-refractivity contribution in [3.63, 3.8) is 0 Å². The Balaban J connectivity index is 1.95. The Morgan fingerprint density at radius 2 is 2.11 bits per heavy atom. The van der Waals surface area contributed by atoms with Crippen LogP contribution in [0.4, 0.5) is 0 Å². The molecule has 0 aliphatic carbocycles. The van der Waals surface area contributed by atoms with Crippen molar-refractivity contribution in [1.29, 1.82) is 0 Å². The molecule has 1 amide bonds. The van der Waals surface area contributed by atoms with E-state index in [0.29, 0.717) is 0 Å². The summed E-state index contributed by atoms with van der Waals surface area (Å²) in [7, 11) is 1.66. The fourth-order valence-electron chi connectivity index (χ4n) is 2.59. The third kappa shape index (κ3) is 3.33. The summed E-state index contributed by atoms with van der Waals surface area (Å²) in [5.74, 6) is 0.789. The third-order valence-corrected chi connectivity index (χ3v) is 3.59. The van der Waals surface area contributed by atoms with Gasteiger partial charge in [0.25, 0.3) is 5.91 Å². The minimum atomic E-state index is -0.0202. The van der Waals surface area contributed by atoms with Crippen LogP contribution in [0.2, 0.25) is 0 Å². The van der Waals surface area contributed by atoms with Crippen LogP contribution >= 0.6 is 0 Å². The molecule has 3 nitrogen and oxygen atoms in total. The van der Waals surface area contributed by atoms with Gasteiger partial charge in [-0.25, -0.2) is 0 Å². The van der Waals surface area contributed by atoms with Crippen LogP contribution in [0.3, 0.4) is 0 Å². The molecule has 18 heavy (non-hydrogen) atoms. The van der Waals surface area contributed by atoms with E-state index in [4.69, 9.17) is 0 Å². The van der Waals surface area contributed by atoms with E-state index >= 15 is 0 Å². The van der Waals surface area contributed by atoms with Crippen molar-refractivity contribution in [3.8, 4) is 0 Å². The van der Waals surface area contributed by atoms with Crippen molar-refractivity contribution in [2.45, 2.75) is 26.3 Å². The van der Waals surface area contributed by atoms with Gasteiger partial charge in [0.15, 0.2) is 0 Å². The standard InChI is InChI=1S/C15H22N2O/c1-12-4-3-9-17(10-12)11-13-5-7-14(8-6-13)15(18)16-2/h5-8,12H,3-4,9-11H2,1-2H3,(H,16,18)/t12-/m1/s1. The van der Waals surface area contributed by atoms with E-state index in [1.807, 2.05) is 12.1 Å². The average molecular weight is 246 g/mol. The molecule has 0 unspecified atom stereocenters. The van der Waals surface area contributed by atoms with E-state index in [0.717, 1.165) is 18.0 Å². The first-order valence-corrected chi connectivity index (χ1v) is 6.72. The van der Waals surface area contributed by atoms with Gasteiger partial charge in [0, 0.05) is 25.7 Å². The first kappa shape index (κ1) is 13.1. The van der Waals surface area contributed by atoms with Crippen molar-refractivity contribution < 1.29 is 4.79 Å². The molecule has 1 aromatic carbocycles. The molecule has 0 radical (unpaired) electrons. The number of likely N-dealkylation sites (tertiary alicyclic amines) is 1. The highest BCUT2D eigenvalue weighted by atomic mass is 16.1. The fraction of sp³-hybridized carbons (Fsp3) is 0.533. The molecule has 0 aromatic heterocycles. The monoisotopic (exact) mass is 246 g/mol. The molecule has 2 rings (SSSR count). The van der Waals surface area contributed by atoms with Crippen molar-refractivity contribution in [1.82, 2.24) is 10.2 Å². The minimum Gasteiger partial charge on any atom is -0.355 e. The van der Waals surface area contributed by atoms with Crippen LogP contribution in [0, 0.1) is 5.92 Å². The number of carbonyl (C=O) groups is 1. The molecule has 1 saturated heterocycles. The quantitative estimate of drug-likeness (QED) is 0.887. The number of rotatable bonds is 3. The molecule has 1 atom stereocenters. The SMILES string of the molecule is CNC(=O)c1ccc(CN2CCC[C@@H](C)C2)cc1. The van der Waals surface area contributed by atoms with Gasteiger partial charge in [-0.1, -0.05) is 19.1 Å². The van der Waals surface area contributed by atoms with Crippen molar-refractivity contribution in [2.75, 3.05) is 20.1 Å². The van der Waals surface area contributed by atoms with Gasteiger partial charge in [-0.15, -0.1) is 0 Å². The number of hydrogen-bond donors (Lipinski definition) is 1. The molecule has 1 heterocycles. The fourth-order valence-corrected chi connectivity index (χ4v) is 2.59. The Kier molecular flexibility index (Phi) is 4.37. The van der Waals surface area contributed by atoms with Crippen LogP contribution in [0.5, 0.6) is 0 Å². The van der Waals surface area contributed by atoms with Gasteiger partial charge in [0.1, 0.15) is 0 Å². The zero-order valence-electron chi connectivity index (χ0n) is 11.3. The second kappa shape index (κ2) is 6.01. The highest BCUT2D eigenvalue weighted by Gasteiger charge is 2.16. The van der Waals surface area contributed by atoms with E-state index < -0.39 is 0 Å². The maximum Gasteiger partial charge on any atom is 0.251 e. The first-order valence-electron chi connectivity index (χ1n) is 6.72. The van der Waals surface area contributed by atoms with Crippen molar-refractivity contribution >= 4 is 5.91 Å². The third-order valence-electron chi connectivity index (χ3n) is 3.59. The first-order chi connectivity index (χ1) is 8.69. The van der Waals surface area contributed by atoms with Gasteiger partial charge in [0.2, 0.25) is 0 Å². The van der Waals surface area contributed by atoms with Gasteiger partial charge in [-0.05, 0) is 43.0 Å². The molecule has 1 fully saturated rings. The number of nitrogens with zero attached hydrogens (tertiary/aromatic N) is 1. The predicted molar refractivity (Wildman–Crippen MR) is 73.5 cm³/mol. The lowest BCUT2D eigenvalue weighted by Gasteiger charge is -2.30. The van der Waals surface area contributed by atoms with E-state index in [1.165, 1.54) is 31.5 Å². The number of nitrogens with one attached hydrogen (secondary N) is 1. The number of benzene rings is 1. The maximum atomic E-state index is 11.4. The largest absolute Gasteiger partial charge is 0.355 e. The number of amides is 1. The molecular weight excluding hydrogens is 224 g/mol. The second-order valence-electron chi connectivity index (χ2n) is 5.26. The van der Waals surface area contributed by atoms with Gasteiger partial charge < -0.3 is 5.32 Å². The van der Waals surface area contributed by atoms with E-state index in [2.05, 4.69) is 29.3 Å². The molecule has 0 saturated carbocycles. The van der Waals surface area contributed by atoms with Gasteiger partial charge in [-0.2, -0.15) is 0 Å². The maximum absolute atomic E-state index is 11.4. The molecule has 1 aliphatic rings. The summed E-state index contributed by atoms with van der Waals surface area (Å²) in [5.41, 5.74) is 2.02. The van der Waals surface area contributed by atoms with Gasteiger partial charge in [-0.3, -0.25) is 9.69 Å². The van der Waals surface area contributed by atoms with Crippen LogP contribution in [0.1, 0.15) is 35.7 Å². The highest BCUT2D eigenvalue weighted by molar-refractivity contribution is 5.93. The Morgan fingerprint density at radius 1 is 1.39 bits per heavy atom. The molecule has 1 N–H and O–H groups in total. The number of piperidine rings is 1. The lowest BCUT2D eigenvalue weighted by atomic mass is 9.99. The van der Waals surface area contributed by atoms with Crippen molar-refractivity contribution in [3.05, 3.63) is 35.4 Å². The van der Waals surface area contributed by atoms with Crippen LogP contribution < -0.4 is 5.32 Å². The van der Waals surface area contributed by atoms with E-state index in [-0.39, 0.29) is 5.91 Å². The summed E-state index contributed by atoms with van der Waals surface area (Å²) < 4.78 is 0. The highest BCUT2D eigenvalue weighted by Crippen LogP contribution is 2.18. The molecule has 1 aromatic rings. The van der Waals surface area contributed by atoms with Gasteiger partial charge >= 0.3 is 0 Å². The molecule has 3 heteroatoms. The summed E-state index contributed by atoms with van der Waals surface area (Å²) in [4.78, 5) is 13.9. The van der Waals surface area contributed by atoms with Crippen LogP contribution in [-0.4, -0.2) is 30.9 Å². The smallest absolute Gasteiger partial charge is 0.251 e. The molecule has 0 spiro atoms. The zero-order valence-corrected chi connectivity index (χ0v) is 11.3. The van der Waals surface area contributed by atoms with Crippen molar-refractivity contribution in [2.24, 2.45) is 5.92 Å². The Hall–Kier alpha value is -1.35. The van der Waals surface area contributed by atoms with E-state index in [1.54, 1.807) is 7.05 Å². The van der Waals surface area contributed by atoms with Crippen LogP contribution in [0.15, 0.2) is 24.3 Å². The lowest BCUT2D eigenvalue weighted by Crippen LogP contribution is -2.33. The molecule has 98 valence electrons. The average Bonchev–Trinajstić information content (AvgIpc) is 2.39. The minimum absolute atomic E-state index is 0.0202. The van der Waals surface area contributed by atoms with E-state index in [9.17, 15) is 4.79 Å². The summed E-state index contributed by atoms with van der Waals surface area (Å²) >= 11 is 0. The zero-order chi connectivity index (χ0) is 13.0. The predicted octanol–water partition coefficient (Wildman–Crippen LogP) is 2.28. The lowest BCUT2D eigenvalue weighted by molar-refractivity contribution is 0.0963. The molecule has 1 aliphatic heterocycles. The van der Waals surface area contributed by atoms with Crippen LogP contribution in [0.25, 0.3) is 0 Å². The summed E-state index contributed by atoms with van der Waals surface area (Å²) in [5, 5.41) is 2.64. The summed E-state index contributed by atoms with van der Waals surface area (Å²) in [6, 6.07) is 7.93. The van der Waals surface area contributed by atoms with Gasteiger partial charge in [0.05, 0.1) is 0 Å². The number of carbonyl (C=O) groups excluding carboxylic acids is 1. The second-order valence-corrected chi connectivity index (χ2v) is 5.26. The summed E-state index contributed by atoms with van der Waals surface area (Å²) in [6.45, 7) is 5.71. The molecular formula is C15H22N2O. The number of hydrogen-bond acceptors (Lipinski definition) is 2. The Morgan fingerprint density at radius 3 is 2.72 bits per heavy atom. The Labute approximate surface area is 109 Å². The Bertz CT molecular complexity index is 399.